The molecule has 4 heteroatoms. The van der Waals surface area contributed by atoms with Gasteiger partial charge in [-0.1, -0.05) is 12.1 Å². The van der Waals surface area contributed by atoms with Crippen LogP contribution >= 0.6 is 0 Å². The summed E-state index contributed by atoms with van der Waals surface area (Å²) in [6.07, 6.45) is 3.57. The highest BCUT2D eigenvalue weighted by molar-refractivity contribution is 5.79. The molecule has 2 rings (SSSR count). The molecule has 19 heavy (non-hydrogen) atoms. The van der Waals surface area contributed by atoms with Gasteiger partial charge in [-0.25, -0.2) is 4.39 Å². The topological polar surface area (TPSA) is 55.1 Å². The minimum Gasteiger partial charge on any atom is -0.349 e. The lowest BCUT2D eigenvalue weighted by molar-refractivity contribution is -0.126. The standard InChI is InChI=1S/C15H21FN2O/c1-10(11-2-6-13(16)7-3-11)18-15(19)12-4-8-14(17)9-5-12/h2-3,6-7,10,12,14H,4-5,8-9,17H2,1H3,(H,18,19)/t10-,12?,14?/m1/s1. The SMILES string of the molecule is C[C@@H](NC(=O)C1CCC(N)CC1)c1ccc(F)cc1. The fourth-order valence-corrected chi connectivity index (χ4v) is 2.55. The third-order valence-corrected chi connectivity index (χ3v) is 3.87. The van der Waals surface area contributed by atoms with Crippen LogP contribution in [0.3, 0.4) is 0 Å². The van der Waals surface area contributed by atoms with E-state index in [0.29, 0.717) is 0 Å². The smallest absolute Gasteiger partial charge is 0.223 e. The van der Waals surface area contributed by atoms with Crippen LogP contribution in [0.15, 0.2) is 24.3 Å². The fraction of sp³-hybridized carbons (Fsp3) is 0.533. The number of nitrogens with one attached hydrogen (secondary N) is 1. The number of hydrogen-bond donors (Lipinski definition) is 2. The Hall–Kier alpha value is -1.42. The molecule has 3 nitrogen and oxygen atoms in total. The first kappa shape index (κ1) is 14.0. The monoisotopic (exact) mass is 264 g/mol. The van der Waals surface area contributed by atoms with E-state index >= 15 is 0 Å². The Kier molecular flexibility index (Phi) is 4.53. The number of amides is 1. The number of benzene rings is 1. The zero-order valence-corrected chi connectivity index (χ0v) is 11.2. The van der Waals surface area contributed by atoms with Crippen LogP contribution in [0.5, 0.6) is 0 Å². The second-order valence-electron chi connectivity index (χ2n) is 5.39. The van der Waals surface area contributed by atoms with Gasteiger partial charge < -0.3 is 11.1 Å². The average molecular weight is 264 g/mol. The van der Waals surface area contributed by atoms with Crippen molar-refractivity contribution in [1.82, 2.24) is 5.32 Å². The van der Waals surface area contributed by atoms with Gasteiger partial charge in [0.25, 0.3) is 0 Å². The van der Waals surface area contributed by atoms with Gasteiger partial charge in [0.15, 0.2) is 0 Å². The van der Waals surface area contributed by atoms with E-state index in [2.05, 4.69) is 5.32 Å². The van der Waals surface area contributed by atoms with E-state index in [1.165, 1.54) is 12.1 Å². The summed E-state index contributed by atoms with van der Waals surface area (Å²) in [5.41, 5.74) is 6.76. The molecule has 0 saturated heterocycles. The highest BCUT2D eigenvalue weighted by Gasteiger charge is 2.25. The summed E-state index contributed by atoms with van der Waals surface area (Å²) in [6, 6.07) is 6.39. The summed E-state index contributed by atoms with van der Waals surface area (Å²) >= 11 is 0. The molecular formula is C15H21FN2O. The number of rotatable bonds is 3. The lowest BCUT2D eigenvalue weighted by Gasteiger charge is -2.26. The van der Waals surface area contributed by atoms with Gasteiger partial charge in [0.1, 0.15) is 5.82 Å². The normalized spacial score (nSPS) is 24.8. The van der Waals surface area contributed by atoms with Crippen LogP contribution in [0.25, 0.3) is 0 Å². The summed E-state index contributed by atoms with van der Waals surface area (Å²) in [5, 5.41) is 3.00. The molecule has 1 fully saturated rings. The number of nitrogens with two attached hydrogens (primary N) is 1. The summed E-state index contributed by atoms with van der Waals surface area (Å²) in [5.74, 6) is -0.102. The maximum absolute atomic E-state index is 12.8. The van der Waals surface area contributed by atoms with Gasteiger partial charge in [0.2, 0.25) is 5.91 Å². The van der Waals surface area contributed by atoms with Crippen molar-refractivity contribution in [2.75, 3.05) is 0 Å². The lowest BCUT2D eigenvalue weighted by Crippen LogP contribution is -2.37. The molecule has 1 aromatic rings. The number of carbonyl (C=O) groups excluding carboxylic acids is 1. The number of hydrogen-bond acceptors (Lipinski definition) is 2. The zero-order valence-electron chi connectivity index (χ0n) is 11.2. The van der Waals surface area contributed by atoms with Crippen LogP contribution in [-0.2, 0) is 4.79 Å². The Morgan fingerprint density at radius 1 is 1.26 bits per heavy atom. The van der Waals surface area contributed by atoms with E-state index in [1.807, 2.05) is 6.92 Å². The number of carbonyl (C=O) groups is 1. The largest absolute Gasteiger partial charge is 0.349 e. The van der Waals surface area contributed by atoms with Crippen LogP contribution in [0, 0.1) is 11.7 Å². The minimum atomic E-state index is -0.261. The van der Waals surface area contributed by atoms with Crippen molar-refractivity contribution in [2.45, 2.75) is 44.7 Å². The van der Waals surface area contributed by atoms with Gasteiger partial charge in [-0.3, -0.25) is 4.79 Å². The first-order chi connectivity index (χ1) is 9.06. The molecular weight excluding hydrogens is 243 g/mol. The van der Waals surface area contributed by atoms with Gasteiger partial charge in [-0.2, -0.15) is 0 Å². The third-order valence-electron chi connectivity index (χ3n) is 3.87. The molecule has 0 aliphatic heterocycles. The fourth-order valence-electron chi connectivity index (χ4n) is 2.55. The quantitative estimate of drug-likeness (QED) is 0.881. The molecule has 0 aromatic heterocycles. The Morgan fingerprint density at radius 2 is 1.84 bits per heavy atom. The van der Waals surface area contributed by atoms with E-state index in [1.54, 1.807) is 12.1 Å². The van der Waals surface area contributed by atoms with Crippen LogP contribution < -0.4 is 11.1 Å². The molecule has 104 valence electrons. The molecule has 1 saturated carbocycles. The van der Waals surface area contributed by atoms with Crippen molar-refractivity contribution in [3.05, 3.63) is 35.6 Å². The van der Waals surface area contributed by atoms with Gasteiger partial charge in [0, 0.05) is 12.0 Å². The van der Waals surface area contributed by atoms with Crippen molar-refractivity contribution < 1.29 is 9.18 Å². The number of halogens is 1. The predicted molar refractivity (Wildman–Crippen MR) is 72.9 cm³/mol. The predicted octanol–water partition coefficient (Wildman–Crippen LogP) is 2.52. The highest BCUT2D eigenvalue weighted by Crippen LogP contribution is 2.24. The van der Waals surface area contributed by atoms with E-state index in [-0.39, 0.29) is 29.7 Å². The van der Waals surface area contributed by atoms with E-state index in [0.717, 1.165) is 31.2 Å². The summed E-state index contributed by atoms with van der Waals surface area (Å²) in [4.78, 5) is 12.1. The second kappa shape index (κ2) is 6.15. The minimum absolute atomic E-state index is 0.0719. The van der Waals surface area contributed by atoms with Crippen LogP contribution in [0.2, 0.25) is 0 Å². The van der Waals surface area contributed by atoms with E-state index in [9.17, 15) is 9.18 Å². The van der Waals surface area contributed by atoms with Gasteiger partial charge in [-0.15, -0.1) is 0 Å². The van der Waals surface area contributed by atoms with Gasteiger partial charge >= 0.3 is 0 Å². The van der Waals surface area contributed by atoms with Crippen LogP contribution in [0.4, 0.5) is 4.39 Å². The van der Waals surface area contributed by atoms with Crippen LogP contribution in [-0.4, -0.2) is 11.9 Å². The maximum atomic E-state index is 12.8. The third kappa shape index (κ3) is 3.77. The van der Waals surface area contributed by atoms with Gasteiger partial charge in [0.05, 0.1) is 6.04 Å². The summed E-state index contributed by atoms with van der Waals surface area (Å²) in [7, 11) is 0. The molecule has 1 aliphatic carbocycles. The van der Waals surface area contributed by atoms with Crippen molar-refractivity contribution >= 4 is 5.91 Å². The molecule has 0 radical (unpaired) electrons. The summed E-state index contributed by atoms with van der Waals surface area (Å²) < 4.78 is 12.8. The molecule has 0 heterocycles. The van der Waals surface area contributed by atoms with Gasteiger partial charge in [-0.05, 0) is 50.3 Å². The van der Waals surface area contributed by atoms with Crippen LogP contribution in [0.1, 0.15) is 44.2 Å². The summed E-state index contributed by atoms with van der Waals surface area (Å²) in [6.45, 7) is 1.92. The van der Waals surface area contributed by atoms with Crippen molar-refractivity contribution in [1.29, 1.82) is 0 Å². The molecule has 1 amide bonds. The van der Waals surface area contributed by atoms with E-state index < -0.39 is 0 Å². The highest BCUT2D eigenvalue weighted by atomic mass is 19.1. The molecule has 3 N–H and O–H groups in total. The van der Waals surface area contributed by atoms with Crippen molar-refractivity contribution in [3.8, 4) is 0 Å². The molecule has 0 bridgehead atoms. The molecule has 1 aromatic carbocycles. The first-order valence-electron chi connectivity index (χ1n) is 6.87. The Balaban J connectivity index is 1.89. The van der Waals surface area contributed by atoms with Crippen molar-refractivity contribution in [3.63, 3.8) is 0 Å². The Morgan fingerprint density at radius 3 is 2.42 bits per heavy atom. The molecule has 1 atom stereocenters. The Bertz CT molecular complexity index is 424. The first-order valence-corrected chi connectivity index (χ1v) is 6.87. The second-order valence-corrected chi connectivity index (χ2v) is 5.39. The molecule has 1 aliphatic rings. The van der Waals surface area contributed by atoms with E-state index in [4.69, 9.17) is 5.73 Å². The van der Waals surface area contributed by atoms with Crippen molar-refractivity contribution in [2.24, 2.45) is 11.7 Å². The zero-order chi connectivity index (χ0) is 13.8. The molecule has 0 unspecified atom stereocenters. The average Bonchev–Trinajstić information content (AvgIpc) is 2.40. The lowest BCUT2D eigenvalue weighted by atomic mass is 9.85. The molecule has 0 spiro atoms. The maximum Gasteiger partial charge on any atom is 0.223 e. The Labute approximate surface area is 113 Å².